The molecule has 1 saturated heterocycles. The van der Waals surface area contributed by atoms with Crippen LogP contribution in [0.3, 0.4) is 0 Å². The fourth-order valence-electron chi connectivity index (χ4n) is 7.39. The zero-order valence-corrected chi connectivity index (χ0v) is 28.1. The Hall–Kier alpha value is -3.89. The molecule has 0 unspecified atom stereocenters. The third-order valence-electron chi connectivity index (χ3n) is 10.4. The molecular weight excluding hydrogens is 616 g/mol. The largest absolute Gasteiger partial charge is 0.446 e. The highest BCUT2D eigenvalue weighted by Crippen LogP contribution is 2.47. The van der Waals surface area contributed by atoms with Gasteiger partial charge in [0.2, 0.25) is 0 Å². The van der Waals surface area contributed by atoms with Crippen LogP contribution in [0.25, 0.3) is 11.6 Å². The summed E-state index contributed by atoms with van der Waals surface area (Å²) in [5.74, 6) is 0.226. The van der Waals surface area contributed by atoms with Gasteiger partial charge in [0.1, 0.15) is 11.7 Å². The first-order valence-corrected chi connectivity index (χ1v) is 17.2. The number of piperazine rings is 1. The van der Waals surface area contributed by atoms with Gasteiger partial charge in [0.05, 0.1) is 36.0 Å². The molecule has 1 aliphatic heterocycles. The minimum Gasteiger partial charge on any atom is -0.446 e. The molecule has 3 aliphatic carbocycles. The number of fused-ring (bicyclic) bond motifs is 2. The van der Waals surface area contributed by atoms with Crippen LogP contribution >= 0.6 is 11.6 Å². The molecule has 11 heteroatoms. The molecule has 2 aromatic heterocycles. The van der Waals surface area contributed by atoms with Crippen LogP contribution in [0.1, 0.15) is 92.5 Å². The third kappa shape index (κ3) is 6.37. The van der Waals surface area contributed by atoms with Gasteiger partial charge in [-0.15, -0.1) is 0 Å². The monoisotopic (exact) mass is 658 g/mol. The summed E-state index contributed by atoms with van der Waals surface area (Å²) < 4.78 is 13.8. The number of alkyl carbamates (subject to hydrolysis) is 1. The van der Waals surface area contributed by atoms with Crippen molar-refractivity contribution in [3.05, 3.63) is 82.2 Å². The molecule has 47 heavy (non-hydrogen) atoms. The van der Waals surface area contributed by atoms with Gasteiger partial charge in [-0.05, 0) is 91.0 Å². The number of aromatic nitrogens is 3. The van der Waals surface area contributed by atoms with Crippen molar-refractivity contribution in [3.8, 4) is 0 Å². The van der Waals surface area contributed by atoms with Crippen molar-refractivity contribution in [2.75, 3.05) is 26.2 Å². The molecule has 3 fully saturated rings. The normalized spacial score (nSPS) is 21.3. The number of hydrogen-bond donors (Lipinski definition) is 1. The molecule has 248 valence electrons. The molecule has 0 radical (unpaired) electrons. The van der Waals surface area contributed by atoms with Crippen molar-refractivity contribution < 1.29 is 19.1 Å². The first kappa shape index (κ1) is 31.7. The Kier molecular flexibility index (Phi) is 8.74. The number of ether oxygens (including phenoxy) is 2. The molecule has 3 heterocycles. The van der Waals surface area contributed by atoms with Crippen LogP contribution in [0, 0.1) is 5.92 Å². The third-order valence-corrected chi connectivity index (χ3v) is 10.6. The summed E-state index contributed by atoms with van der Waals surface area (Å²) in [4.78, 5) is 40.1. The molecule has 2 atom stereocenters. The van der Waals surface area contributed by atoms with Crippen LogP contribution in [-0.4, -0.2) is 74.4 Å². The highest BCUT2D eigenvalue weighted by atomic mass is 35.5. The Bertz CT molecular complexity index is 1670. The van der Waals surface area contributed by atoms with Crippen molar-refractivity contribution in [2.45, 2.75) is 76.2 Å². The zero-order valence-electron chi connectivity index (χ0n) is 27.3. The van der Waals surface area contributed by atoms with Gasteiger partial charge < -0.3 is 24.3 Å². The predicted octanol–water partition coefficient (Wildman–Crippen LogP) is 6.76. The fraction of sp³-hybridized carbons (Fsp3) is 0.500. The molecule has 1 aromatic carbocycles. The smallest absolute Gasteiger partial charge is 0.410 e. The Labute approximate surface area is 281 Å². The number of carbonyl (C=O) groups excluding carboxylic acids is 2. The lowest BCUT2D eigenvalue weighted by Crippen LogP contribution is -2.50. The number of carbonyl (C=O) groups is 2. The van der Waals surface area contributed by atoms with E-state index in [1.165, 1.54) is 0 Å². The number of pyridine rings is 1. The predicted molar refractivity (Wildman–Crippen MR) is 180 cm³/mol. The molecule has 1 N–H and O–H groups in total. The topological polar surface area (TPSA) is 102 Å². The van der Waals surface area contributed by atoms with Gasteiger partial charge >= 0.3 is 12.2 Å². The molecule has 7 rings (SSSR count). The Morgan fingerprint density at radius 1 is 1.09 bits per heavy atom. The van der Waals surface area contributed by atoms with Gasteiger partial charge in [-0.1, -0.05) is 37.6 Å². The Balaban J connectivity index is 1.23. The van der Waals surface area contributed by atoms with E-state index >= 15 is 0 Å². The summed E-state index contributed by atoms with van der Waals surface area (Å²) in [6, 6.07) is 9.17. The summed E-state index contributed by atoms with van der Waals surface area (Å²) in [5.41, 5.74) is 5.07. The number of halogens is 1. The first-order valence-electron chi connectivity index (χ1n) is 16.8. The molecule has 10 nitrogen and oxygen atoms in total. The van der Waals surface area contributed by atoms with Gasteiger partial charge in [0.25, 0.3) is 0 Å². The van der Waals surface area contributed by atoms with Gasteiger partial charge in [0, 0.05) is 44.4 Å². The van der Waals surface area contributed by atoms with Gasteiger partial charge in [-0.3, -0.25) is 9.88 Å². The number of imidazole rings is 1. The van der Waals surface area contributed by atoms with Crippen molar-refractivity contribution in [2.24, 2.45) is 13.0 Å². The van der Waals surface area contributed by atoms with E-state index in [0.29, 0.717) is 31.2 Å². The molecule has 2 saturated carbocycles. The SMILES string of the molecule is CC(C)C1(OC(=O)N[C@H](C2=Cc3cccnc3[C@@H](N3CCN(C(=O)OC4CCCC4)CC3)c3ccc(Cl)cc32)c2cncn2C)CC1. The molecule has 0 spiro atoms. The molecular formula is C36H43ClN6O4. The summed E-state index contributed by atoms with van der Waals surface area (Å²) >= 11 is 6.72. The highest BCUT2D eigenvalue weighted by molar-refractivity contribution is 6.30. The number of rotatable bonds is 7. The summed E-state index contributed by atoms with van der Waals surface area (Å²) in [6.45, 7) is 6.63. The lowest BCUT2D eigenvalue weighted by atomic mass is 9.90. The van der Waals surface area contributed by atoms with E-state index in [1.54, 1.807) is 12.5 Å². The van der Waals surface area contributed by atoms with E-state index in [2.05, 4.69) is 47.3 Å². The first-order chi connectivity index (χ1) is 22.7. The zero-order chi connectivity index (χ0) is 32.7. The number of aryl methyl sites for hydroxylation is 1. The van der Waals surface area contributed by atoms with Crippen molar-refractivity contribution in [1.82, 2.24) is 29.7 Å². The maximum absolute atomic E-state index is 13.6. The van der Waals surface area contributed by atoms with E-state index in [0.717, 1.165) is 72.2 Å². The minimum atomic E-state index is -0.579. The summed E-state index contributed by atoms with van der Waals surface area (Å²) in [7, 11) is 1.92. The number of nitrogens with one attached hydrogen (secondary N) is 1. The van der Waals surface area contributed by atoms with Crippen molar-refractivity contribution in [3.63, 3.8) is 0 Å². The van der Waals surface area contributed by atoms with Crippen LogP contribution in [0.5, 0.6) is 0 Å². The Morgan fingerprint density at radius 2 is 1.85 bits per heavy atom. The maximum atomic E-state index is 13.6. The lowest BCUT2D eigenvalue weighted by molar-refractivity contribution is 0.0432. The van der Waals surface area contributed by atoms with Crippen LogP contribution in [0.4, 0.5) is 9.59 Å². The number of benzene rings is 1. The second-order valence-electron chi connectivity index (χ2n) is 13.6. The number of amides is 2. The molecule has 2 amide bonds. The second kappa shape index (κ2) is 13.0. The van der Waals surface area contributed by atoms with Crippen LogP contribution < -0.4 is 5.32 Å². The standard InChI is InChI=1S/C36H43ClN6O4/c1-23(2)36(12-13-36)47-34(44)40-32(30-21-38-22-41(30)3)29-19-24-7-6-14-39-31(24)33(27-11-10-25(37)20-28(27)29)42-15-17-43(18-16-42)35(45)46-26-8-4-5-9-26/h6-7,10-11,14,19-23,26,32-33H,4-5,8-9,12-13,15-18H2,1-3H3,(H,40,44)/t32-,33+/m1/s1. The number of nitrogens with zero attached hydrogens (tertiary/aromatic N) is 5. The fourth-order valence-corrected chi connectivity index (χ4v) is 7.57. The Morgan fingerprint density at radius 3 is 2.53 bits per heavy atom. The molecule has 4 aliphatic rings. The maximum Gasteiger partial charge on any atom is 0.410 e. The van der Waals surface area contributed by atoms with E-state index in [9.17, 15) is 9.59 Å². The van der Waals surface area contributed by atoms with E-state index in [1.807, 2.05) is 40.9 Å². The summed E-state index contributed by atoms with van der Waals surface area (Å²) in [6.07, 6.45) is 12.7. The number of hydrogen-bond acceptors (Lipinski definition) is 7. The van der Waals surface area contributed by atoms with Crippen molar-refractivity contribution in [1.29, 1.82) is 0 Å². The van der Waals surface area contributed by atoms with Gasteiger partial charge in [-0.25, -0.2) is 14.6 Å². The summed E-state index contributed by atoms with van der Waals surface area (Å²) in [5, 5.41) is 3.81. The van der Waals surface area contributed by atoms with E-state index in [4.69, 9.17) is 26.1 Å². The van der Waals surface area contributed by atoms with Crippen LogP contribution in [-0.2, 0) is 16.5 Å². The van der Waals surface area contributed by atoms with E-state index < -0.39 is 17.7 Å². The average molecular weight is 659 g/mol. The quantitative estimate of drug-likeness (QED) is 0.299. The van der Waals surface area contributed by atoms with Gasteiger partial charge in [-0.2, -0.15) is 0 Å². The van der Waals surface area contributed by atoms with Gasteiger partial charge in [0.15, 0.2) is 0 Å². The highest BCUT2D eigenvalue weighted by Gasteiger charge is 2.50. The minimum absolute atomic E-state index is 0.0398. The van der Waals surface area contributed by atoms with Crippen molar-refractivity contribution >= 4 is 35.4 Å². The van der Waals surface area contributed by atoms with E-state index in [-0.39, 0.29) is 24.2 Å². The van der Waals surface area contributed by atoms with Crippen LogP contribution in [0.15, 0.2) is 49.1 Å². The average Bonchev–Trinajstić information content (AvgIpc) is 3.48. The second-order valence-corrected chi connectivity index (χ2v) is 14.1. The van der Waals surface area contributed by atoms with Crippen LogP contribution in [0.2, 0.25) is 5.02 Å². The molecule has 3 aromatic rings. The molecule has 0 bridgehead atoms. The lowest BCUT2D eigenvalue weighted by Gasteiger charge is -2.39.